The molecule has 3 aliphatic rings. The van der Waals surface area contributed by atoms with E-state index in [2.05, 4.69) is 41.7 Å². The van der Waals surface area contributed by atoms with Crippen LogP contribution in [0.15, 0.2) is 42.5 Å². The lowest BCUT2D eigenvalue weighted by atomic mass is 10.0. The van der Waals surface area contributed by atoms with Gasteiger partial charge in [0.15, 0.2) is 0 Å². The molecule has 2 aromatic carbocycles. The summed E-state index contributed by atoms with van der Waals surface area (Å²) in [4.78, 5) is 29.5. The Morgan fingerprint density at radius 3 is 2.59 bits per heavy atom. The monoisotopic (exact) mass is 389 g/mol. The lowest BCUT2D eigenvalue weighted by Crippen LogP contribution is -2.46. The van der Waals surface area contributed by atoms with Crippen LogP contribution in [0.4, 0.5) is 5.69 Å². The van der Waals surface area contributed by atoms with Crippen LogP contribution in [0.25, 0.3) is 11.1 Å². The Balaban J connectivity index is 1.30. The van der Waals surface area contributed by atoms with Crippen molar-refractivity contribution < 1.29 is 9.59 Å². The van der Waals surface area contributed by atoms with Crippen LogP contribution in [0, 0.1) is 5.92 Å². The number of likely N-dealkylation sites (tertiary alicyclic amines) is 1. The maximum atomic E-state index is 13.0. The fourth-order valence-corrected chi connectivity index (χ4v) is 5.07. The maximum absolute atomic E-state index is 13.0. The quantitative estimate of drug-likeness (QED) is 0.750. The second-order valence-corrected chi connectivity index (χ2v) is 8.47. The van der Waals surface area contributed by atoms with Crippen molar-refractivity contribution >= 4 is 17.5 Å². The minimum atomic E-state index is -0.223. The Hall–Kier alpha value is -2.66. The number of amides is 2. The van der Waals surface area contributed by atoms with Gasteiger partial charge in [-0.05, 0) is 60.7 Å². The van der Waals surface area contributed by atoms with E-state index < -0.39 is 0 Å². The number of rotatable bonds is 3. The van der Waals surface area contributed by atoms with Crippen molar-refractivity contribution in [2.45, 2.75) is 31.7 Å². The van der Waals surface area contributed by atoms with E-state index in [1.54, 1.807) is 0 Å². The van der Waals surface area contributed by atoms with Crippen molar-refractivity contribution in [3.05, 3.63) is 53.6 Å². The van der Waals surface area contributed by atoms with Gasteiger partial charge in [0, 0.05) is 37.8 Å². The van der Waals surface area contributed by atoms with E-state index in [9.17, 15) is 9.59 Å². The molecule has 0 aromatic heterocycles. The summed E-state index contributed by atoms with van der Waals surface area (Å²) in [5.74, 6) is -0.0213. The van der Waals surface area contributed by atoms with Crippen LogP contribution < -0.4 is 10.2 Å². The normalized spacial score (nSPS) is 21.4. The first kappa shape index (κ1) is 18.4. The number of nitrogens with zero attached hydrogens (tertiary/aromatic N) is 2. The molecule has 5 rings (SSSR count). The highest BCUT2D eigenvalue weighted by Crippen LogP contribution is 2.39. The van der Waals surface area contributed by atoms with Gasteiger partial charge in [0.1, 0.15) is 0 Å². The molecule has 2 fully saturated rings. The molecule has 29 heavy (non-hydrogen) atoms. The zero-order chi connectivity index (χ0) is 20.0. The third-order valence-electron chi connectivity index (χ3n) is 6.78. The van der Waals surface area contributed by atoms with E-state index in [-0.39, 0.29) is 17.7 Å². The highest BCUT2D eigenvalue weighted by Gasteiger charge is 2.38. The summed E-state index contributed by atoms with van der Waals surface area (Å²) in [7, 11) is 1.98. The van der Waals surface area contributed by atoms with Gasteiger partial charge in [0.2, 0.25) is 11.8 Å². The number of anilines is 1. The molecule has 5 nitrogen and oxygen atoms in total. The average molecular weight is 389 g/mol. The standard InChI is InChI=1S/C24H27N3O2/c1-25-19-8-10-26(11-9-19)24(29)18-14-23(28)27(15-18)20-6-7-22-17(13-20)12-16-4-2-3-5-21(16)22/h2-7,13,18-19,25H,8-12,14-15H2,1H3. The lowest BCUT2D eigenvalue weighted by Gasteiger charge is -2.33. The zero-order valence-corrected chi connectivity index (χ0v) is 16.9. The highest BCUT2D eigenvalue weighted by molar-refractivity contribution is 6.00. The topological polar surface area (TPSA) is 52.7 Å². The summed E-state index contributed by atoms with van der Waals surface area (Å²) >= 11 is 0. The SMILES string of the molecule is CNC1CCN(C(=O)C2CC(=O)N(c3ccc4c(c3)Cc3ccccc3-4)C2)CC1. The molecule has 1 N–H and O–H groups in total. The van der Waals surface area contributed by atoms with Crippen molar-refractivity contribution in [2.24, 2.45) is 5.92 Å². The van der Waals surface area contributed by atoms with Crippen molar-refractivity contribution in [2.75, 3.05) is 31.6 Å². The molecule has 150 valence electrons. The van der Waals surface area contributed by atoms with E-state index in [1.807, 2.05) is 22.9 Å². The van der Waals surface area contributed by atoms with Gasteiger partial charge in [-0.2, -0.15) is 0 Å². The number of nitrogens with one attached hydrogen (secondary N) is 1. The molecule has 0 saturated carbocycles. The Kier molecular flexibility index (Phi) is 4.63. The molecule has 2 heterocycles. The van der Waals surface area contributed by atoms with Gasteiger partial charge >= 0.3 is 0 Å². The molecule has 2 saturated heterocycles. The molecular weight excluding hydrogens is 362 g/mol. The number of fused-ring (bicyclic) bond motifs is 3. The summed E-state index contributed by atoms with van der Waals surface area (Å²) < 4.78 is 0. The van der Waals surface area contributed by atoms with Gasteiger partial charge < -0.3 is 15.1 Å². The van der Waals surface area contributed by atoms with Crippen LogP contribution in [-0.4, -0.2) is 49.4 Å². The zero-order valence-electron chi connectivity index (χ0n) is 16.9. The molecule has 1 unspecified atom stereocenters. The van der Waals surface area contributed by atoms with Crippen molar-refractivity contribution in [3.8, 4) is 11.1 Å². The van der Waals surface area contributed by atoms with Gasteiger partial charge in [0.25, 0.3) is 0 Å². The number of piperidine rings is 1. The Morgan fingerprint density at radius 1 is 1.03 bits per heavy atom. The molecule has 2 aromatic rings. The number of carbonyl (C=O) groups is 2. The molecule has 2 amide bonds. The van der Waals surface area contributed by atoms with Crippen LogP contribution >= 0.6 is 0 Å². The number of carbonyl (C=O) groups excluding carboxylic acids is 2. The molecule has 1 atom stereocenters. The molecular formula is C24H27N3O2. The van der Waals surface area contributed by atoms with E-state index in [1.165, 1.54) is 22.3 Å². The smallest absolute Gasteiger partial charge is 0.228 e. The average Bonchev–Trinajstić information content (AvgIpc) is 3.33. The van der Waals surface area contributed by atoms with E-state index in [0.717, 1.165) is 38.0 Å². The van der Waals surface area contributed by atoms with E-state index in [0.29, 0.717) is 19.0 Å². The van der Waals surface area contributed by atoms with Crippen LogP contribution in [0.1, 0.15) is 30.4 Å². The van der Waals surface area contributed by atoms with Gasteiger partial charge in [0.05, 0.1) is 5.92 Å². The number of hydrogen-bond acceptors (Lipinski definition) is 3. The fraction of sp³-hybridized carbons (Fsp3) is 0.417. The number of benzene rings is 2. The second-order valence-electron chi connectivity index (χ2n) is 8.47. The van der Waals surface area contributed by atoms with Crippen molar-refractivity contribution in [3.63, 3.8) is 0 Å². The van der Waals surface area contributed by atoms with E-state index in [4.69, 9.17) is 0 Å². The van der Waals surface area contributed by atoms with Crippen LogP contribution in [0.5, 0.6) is 0 Å². The summed E-state index contributed by atoms with van der Waals surface area (Å²) in [6, 6.07) is 15.3. The van der Waals surface area contributed by atoms with Crippen LogP contribution in [0.3, 0.4) is 0 Å². The van der Waals surface area contributed by atoms with Gasteiger partial charge in [-0.25, -0.2) is 0 Å². The summed E-state index contributed by atoms with van der Waals surface area (Å²) in [5, 5.41) is 3.30. The lowest BCUT2D eigenvalue weighted by molar-refractivity contribution is -0.136. The predicted molar refractivity (Wildman–Crippen MR) is 114 cm³/mol. The predicted octanol–water partition coefficient (Wildman–Crippen LogP) is 2.82. The first-order valence-corrected chi connectivity index (χ1v) is 10.6. The summed E-state index contributed by atoms with van der Waals surface area (Å²) in [6.07, 6.45) is 3.20. The molecule has 0 radical (unpaired) electrons. The summed E-state index contributed by atoms with van der Waals surface area (Å²) in [6.45, 7) is 2.06. The van der Waals surface area contributed by atoms with Gasteiger partial charge in [-0.1, -0.05) is 30.3 Å². The maximum Gasteiger partial charge on any atom is 0.228 e. The molecule has 2 aliphatic heterocycles. The largest absolute Gasteiger partial charge is 0.342 e. The molecule has 5 heteroatoms. The second kappa shape index (κ2) is 7.30. The highest BCUT2D eigenvalue weighted by atomic mass is 16.2. The van der Waals surface area contributed by atoms with E-state index >= 15 is 0 Å². The molecule has 1 aliphatic carbocycles. The first-order valence-electron chi connectivity index (χ1n) is 10.6. The molecule has 0 spiro atoms. The van der Waals surface area contributed by atoms with Crippen LogP contribution in [-0.2, 0) is 16.0 Å². The fourth-order valence-electron chi connectivity index (χ4n) is 5.07. The van der Waals surface area contributed by atoms with Gasteiger partial charge in [-0.3, -0.25) is 9.59 Å². The summed E-state index contributed by atoms with van der Waals surface area (Å²) in [5.41, 5.74) is 6.08. The Morgan fingerprint density at radius 2 is 1.79 bits per heavy atom. The Bertz CT molecular complexity index is 962. The van der Waals surface area contributed by atoms with Crippen molar-refractivity contribution in [1.82, 2.24) is 10.2 Å². The van der Waals surface area contributed by atoms with Crippen molar-refractivity contribution in [1.29, 1.82) is 0 Å². The minimum Gasteiger partial charge on any atom is -0.342 e. The van der Waals surface area contributed by atoms with Crippen LogP contribution in [0.2, 0.25) is 0 Å². The minimum absolute atomic E-state index is 0.0592. The van der Waals surface area contributed by atoms with Gasteiger partial charge in [-0.15, -0.1) is 0 Å². The number of hydrogen-bond donors (Lipinski definition) is 1. The Labute approximate surface area is 171 Å². The first-order chi connectivity index (χ1) is 14.1. The third-order valence-corrected chi connectivity index (χ3v) is 6.78. The third kappa shape index (κ3) is 3.23. The molecule has 0 bridgehead atoms.